The maximum atomic E-state index is 13.0. The molecule has 0 aliphatic heterocycles. The van der Waals surface area contributed by atoms with Gasteiger partial charge in [-0.3, -0.25) is 4.79 Å². The van der Waals surface area contributed by atoms with Crippen LogP contribution in [0.4, 0.5) is 0 Å². The number of hydrogen-bond donors (Lipinski definition) is 2. The molecule has 2 aliphatic rings. The summed E-state index contributed by atoms with van der Waals surface area (Å²) in [6.45, 7) is 0.277. The molecule has 2 aliphatic carbocycles. The van der Waals surface area contributed by atoms with Gasteiger partial charge < -0.3 is 15.0 Å². The van der Waals surface area contributed by atoms with Gasteiger partial charge in [-0.15, -0.1) is 0 Å². The number of nitrogens with zero attached hydrogens (tertiary/aromatic N) is 1. The molecule has 1 fully saturated rings. The number of aryl methyl sites for hydroxylation is 2. The first kappa shape index (κ1) is 16.6. The van der Waals surface area contributed by atoms with E-state index in [4.69, 9.17) is 0 Å². The molecule has 0 spiro atoms. The molecule has 1 amide bonds. The maximum absolute atomic E-state index is 13.0. The van der Waals surface area contributed by atoms with Crippen LogP contribution in [0.2, 0.25) is 0 Å². The van der Waals surface area contributed by atoms with Crippen LogP contribution in [0.1, 0.15) is 60.1 Å². The smallest absolute Gasteiger partial charge is 0.253 e. The number of amides is 1. The summed E-state index contributed by atoms with van der Waals surface area (Å²) < 4.78 is 0. The standard InChI is InChI=1S/C21H28N2O2/c1-23(16-9-6-14(13-24)7-10-16)21(25)15-8-11-20-18(12-15)17-4-2-3-5-19(17)22-20/h8,11-12,14,16,22,24H,2-7,9-10,13H2,1H3. The molecular weight excluding hydrogens is 312 g/mol. The fraction of sp³-hybridized carbons (Fsp3) is 0.571. The SMILES string of the molecule is CN(C(=O)c1ccc2[nH]c3c(c2c1)CCCC3)C1CCC(CO)CC1. The molecule has 134 valence electrons. The lowest BCUT2D eigenvalue weighted by molar-refractivity contribution is 0.0653. The summed E-state index contributed by atoms with van der Waals surface area (Å²) >= 11 is 0. The number of benzene rings is 1. The van der Waals surface area contributed by atoms with Crippen molar-refractivity contribution in [1.82, 2.24) is 9.88 Å². The average Bonchev–Trinajstić information content (AvgIpc) is 3.04. The van der Waals surface area contributed by atoms with Crippen LogP contribution in [0.25, 0.3) is 10.9 Å². The predicted octanol–water partition coefficient (Wildman–Crippen LogP) is 3.67. The van der Waals surface area contributed by atoms with Crippen LogP contribution in [0, 0.1) is 5.92 Å². The number of aromatic nitrogens is 1. The molecule has 4 nitrogen and oxygen atoms in total. The van der Waals surface area contributed by atoms with E-state index in [9.17, 15) is 9.90 Å². The van der Waals surface area contributed by atoms with Gasteiger partial charge in [-0.1, -0.05) is 0 Å². The first-order valence-corrected chi connectivity index (χ1v) is 9.69. The second-order valence-corrected chi connectivity index (χ2v) is 7.82. The van der Waals surface area contributed by atoms with Crippen molar-refractivity contribution in [2.24, 2.45) is 5.92 Å². The Morgan fingerprint density at radius 1 is 1.20 bits per heavy atom. The van der Waals surface area contributed by atoms with Crippen molar-refractivity contribution in [3.63, 3.8) is 0 Å². The molecule has 2 N–H and O–H groups in total. The number of H-pyrrole nitrogens is 1. The zero-order valence-electron chi connectivity index (χ0n) is 15.1. The quantitative estimate of drug-likeness (QED) is 0.896. The van der Waals surface area contributed by atoms with E-state index < -0.39 is 0 Å². The zero-order chi connectivity index (χ0) is 17.4. The van der Waals surface area contributed by atoms with Gasteiger partial charge in [-0.05, 0) is 81.0 Å². The van der Waals surface area contributed by atoms with E-state index in [1.165, 1.54) is 29.5 Å². The third kappa shape index (κ3) is 3.08. The molecule has 0 atom stereocenters. The highest BCUT2D eigenvalue weighted by Crippen LogP contribution is 2.31. The molecule has 0 unspecified atom stereocenters. The number of aromatic amines is 1. The second-order valence-electron chi connectivity index (χ2n) is 7.82. The van der Waals surface area contributed by atoms with Gasteiger partial charge in [-0.25, -0.2) is 0 Å². The van der Waals surface area contributed by atoms with Gasteiger partial charge in [0.1, 0.15) is 0 Å². The first-order valence-electron chi connectivity index (χ1n) is 9.69. The van der Waals surface area contributed by atoms with Crippen LogP contribution in [0.15, 0.2) is 18.2 Å². The zero-order valence-corrected chi connectivity index (χ0v) is 15.1. The van der Waals surface area contributed by atoms with Crippen molar-refractivity contribution in [3.05, 3.63) is 35.0 Å². The van der Waals surface area contributed by atoms with Gasteiger partial charge in [0, 0.05) is 41.9 Å². The first-order chi connectivity index (χ1) is 12.2. The average molecular weight is 340 g/mol. The summed E-state index contributed by atoms with van der Waals surface area (Å²) in [4.78, 5) is 18.5. The summed E-state index contributed by atoms with van der Waals surface area (Å²) in [5, 5.41) is 10.5. The van der Waals surface area contributed by atoms with Gasteiger partial charge >= 0.3 is 0 Å². The van der Waals surface area contributed by atoms with E-state index in [1.807, 2.05) is 18.0 Å². The van der Waals surface area contributed by atoms with Crippen LogP contribution in [-0.2, 0) is 12.8 Å². The van der Waals surface area contributed by atoms with E-state index in [0.717, 1.165) is 49.6 Å². The van der Waals surface area contributed by atoms with E-state index in [2.05, 4.69) is 17.1 Å². The molecule has 0 saturated heterocycles. The summed E-state index contributed by atoms with van der Waals surface area (Å²) in [5.41, 5.74) is 4.74. The minimum Gasteiger partial charge on any atom is -0.396 e. The van der Waals surface area contributed by atoms with Crippen LogP contribution in [0.3, 0.4) is 0 Å². The molecule has 0 radical (unpaired) electrons. The summed E-state index contributed by atoms with van der Waals surface area (Å²) in [6, 6.07) is 6.42. The van der Waals surface area contributed by atoms with E-state index in [1.54, 1.807) is 0 Å². The molecule has 2 aromatic rings. The fourth-order valence-electron chi connectivity index (χ4n) is 4.62. The molecule has 1 saturated carbocycles. The summed E-state index contributed by atoms with van der Waals surface area (Å²) in [5.74, 6) is 0.544. The third-order valence-corrected chi connectivity index (χ3v) is 6.29. The molecule has 1 aromatic heterocycles. The van der Waals surface area contributed by atoms with Crippen molar-refractivity contribution in [3.8, 4) is 0 Å². The van der Waals surface area contributed by atoms with Crippen molar-refractivity contribution in [1.29, 1.82) is 0 Å². The Morgan fingerprint density at radius 2 is 1.96 bits per heavy atom. The van der Waals surface area contributed by atoms with Gasteiger partial charge in [0.2, 0.25) is 0 Å². The molecule has 1 heterocycles. The number of rotatable bonds is 3. The van der Waals surface area contributed by atoms with Crippen LogP contribution >= 0.6 is 0 Å². The summed E-state index contributed by atoms with van der Waals surface area (Å²) in [7, 11) is 1.93. The van der Waals surface area contributed by atoms with Crippen molar-refractivity contribution in [2.45, 2.75) is 57.4 Å². The molecular formula is C21H28N2O2. The monoisotopic (exact) mass is 340 g/mol. The van der Waals surface area contributed by atoms with Crippen molar-refractivity contribution in [2.75, 3.05) is 13.7 Å². The van der Waals surface area contributed by atoms with Gasteiger partial charge in [0.15, 0.2) is 0 Å². The van der Waals surface area contributed by atoms with E-state index in [-0.39, 0.29) is 12.5 Å². The van der Waals surface area contributed by atoms with E-state index >= 15 is 0 Å². The minimum absolute atomic E-state index is 0.125. The Kier molecular flexibility index (Phi) is 4.55. The van der Waals surface area contributed by atoms with Crippen LogP contribution in [-0.4, -0.2) is 40.6 Å². The Hall–Kier alpha value is -1.81. The number of carbonyl (C=O) groups excluding carboxylic acids is 1. The highest BCUT2D eigenvalue weighted by atomic mass is 16.3. The number of aliphatic hydroxyl groups excluding tert-OH is 1. The number of hydrogen-bond acceptors (Lipinski definition) is 2. The van der Waals surface area contributed by atoms with Crippen molar-refractivity contribution >= 4 is 16.8 Å². The molecule has 4 rings (SSSR count). The van der Waals surface area contributed by atoms with Crippen LogP contribution in [0.5, 0.6) is 0 Å². The number of fused-ring (bicyclic) bond motifs is 3. The fourth-order valence-corrected chi connectivity index (χ4v) is 4.62. The predicted molar refractivity (Wildman–Crippen MR) is 99.9 cm³/mol. The maximum Gasteiger partial charge on any atom is 0.253 e. The van der Waals surface area contributed by atoms with Gasteiger partial charge in [-0.2, -0.15) is 0 Å². The topological polar surface area (TPSA) is 56.3 Å². The largest absolute Gasteiger partial charge is 0.396 e. The third-order valence-electron chi connectivity index (χ3n) is 6.29. The lowest BCUT2D eigenvalue weighted by Gasteiger charge is -2.34. The Morgan fingerprint density at radius 3 is 2.72 bits per heavy atom. The lowest BCUT2D eigenvalue weighted by Crippen LogP contribution is -2.39. The Balaban J connectivity index is 1.55. The lowest BCUT2D eigenvalue weighted by atomic mass is 9.86. The molecule has 0 bridgehead atoms. The Labute approximate surface area is 149 Å². The number of nitrogens with one attached hydrogen (secondary N) is 1. The number of carbonyl (C=O) groups is 1. The Bertz CT molecular complexity index is 772. The minimum atomic E-state index is 0.125. The van der Waals surface area contributed by atoms with Crippen LogP contribution < -0.4 is 0 Å². The van der Waals surface area contributed by atoms with E-state index in [0.29, 0.717) is 12.0 Å². The molecule has 25 heavy (non-hydrogen) atoms. The second kappa shape index (κ2) is 6.83. The molecule has 4 heteroatoms. The number of aliphatic hydroxyl groups is 1. The van der Waals surface area contributed by atoms with Gasteiger partial charge in [0.05, 0.1) is 0 Å². The van der Waals surface area contributed by atoms with Gasteiger partial charge in [0.25, 0.3) is 5.91 Å². The van der Waals surface area contributed by atoms with Crippen molar-refractivity contribution < 1.29 is 9.90 Å². The molecule has 1 aromatic carbocycles. The normalized spacial score (nSPS) is 23.4. The highest BCUT2D eigenvalue weighted by Gasteiger charge is 2.27. The highest BCUT2D eigenvalue weighted by molar-refractivity contribution is 5.99. The summed E-state index contributed by atoms with van der Waals surface area (Å²) in [6.07, 6.45) is 8.77.